The Hall–Kier alpha value is -3.66. The van der Waals surface area contributed by atoms with Gasteiger partial charge in [0.1, 0.15) is 0 Å². The second-order valence-electron chi connectivity index (χ2n) is 8.76. The lowest BCUT2D eigenvalue weighted by atomic mass is 9.94. The zero-order chi connectivity index (χ0) is 24.1. The summed E-state index contributed by atoms with van der Waals surface area (Å²) in [6, 6.07) is 7.32. The van der Waals surface area contributed by atoms with E-state index in [1.54, 1.807) is 19.4 Å². The molecule has 1 aliphatic rings. The smallest absolute Gasteiger partial charge is 0.239 e. The van der Waals surface area contributed by atoms with Gasteiger partial charge in [-0.25, -0.2) is 4.98 Å². The van der Waals surface area contributed by atoms with Crippen LogP contribution in [-0.4, -0.2) is 69.8 Å². The van der Waals surface area contributed by atoms with Crippen molar-refractivity contribution >= 4 is 28.6 Å². The molecule has 1 aromatic carbocycles. The molecule has 3 heterocycles. The highest BCUT2D eigenvalue weighted by atomic mass is 16.2. The van der Waals surface area contributed by atoms with Crippen LogP contribution in [0, 0.1) is 11.8 Å². The van der Waals surface area contributed by atoms with E-state index in [4.69, 9.17) is 5.73 Å². The molecule has 1 fully saturated rings. The molecule has 0 saturated carbocycles. The number of fused-ring (bicyclic) bond motifs is 1. The van der Waals surface area contributed by atoms with Gasteiger partial charge in [0.2, 0.25) is 17.7 Å². The van der Waals surface area contributed by atoms with Crippen LogP contribution in [0.1, 0.15) is 18.2 Å². The highest BCUT2D eigenvalue weighted by Crippen LogP contribution is 2.25. The molecule has 6 N–H and O–H groups in total. The van der Waals surface area contributed by atoms with Gasteiger partial charge in [-0.3, -0.25) is 14.4 Å². The number of para-hydroxylation sites is 1. The van der Waals surface area contributed by atoms with Gasteiger partial charge in [-0.15, -0.1) is 0 Å². The van der Waals surface area contributed by atoms with E-state index in [0.717, 1.165) is 22.2 Å². The number of nitrogens with one attached hydrogen (secondary N) is 4. The Balaban J connectivity index is 1.36. The quantitative estimate of drug-likeness (QED) is 0.309. The number of aromatic amines is 2. The molecule has 34 heavy (non-hydrogen) atoms. The minimum absolute atomic E-state index is 0.177. The van der Waals surface area contributed by atoms with E-state index in [-0.39, 0.29) is 30.8 Å². The number of nitrogens with zero attached hydrogens (tertiary/aromatic N) is 2. The highest BCUT2D eigenvalue weighted by molar-refractivity contribution is 5.91. The van der Waals surface area contributed by atoms with Crippen LogP contribution >= 0.6 is 0 Å². The third kappa shape index (κ3) is 5.28. The van der Waals surface area contributed by atoms with Crippen molar-refractivity contribution in [2.45, 2.75) is 25.8 Å². The molecule has 180 valence electrons. The lowest BCUT2D eigenvalue weighted by molar-refractivity contribution is -0.132. The molecule has 0 radical (unpaired) electrons. The lowest BCUT2D eigenvalue weighted by Crippen LogP contribution is -2.42. The summed E-state index contributed by atoms with van der Waals surface area (Å²) in [5.74, 6) is -1.98. The number of rotatable bonds is 9. The van der Waals surface area contributed by atoms with Gasteiger partial charge in [0.25, 0.3) is 0 Å². The minimum Gasteiger partial charge on any atom is -0.361 e. The van der Waals surface area contributed by atoms with E-state index in [2.05, 4.69) is 25.6 Å². The number of hydrogen-bond donors (Lipinski definition) is 5. The number of nitrogens with two attached hydrogens (primary N) is 1. The van der Waals surface area contributed by atoms with Crippen LogP contribution in [-0.2, 0) is 27.2 Å². The monoisotopic (exact) mass is 465 g/mol. The van der Waals surface area contributed by atoms with Crippen molar-refractivity contribution in [3.8, 4) is 0 Å². The van der Waals surface area contributed by atoms with Crippen molar-refractivity contribution in [2.75, 3.05) is 26.2 Å². The molecule has 1 saturated heterocycles. The van der Waals surface area contributed by atoms with E-state index in [9.17, 15) is 14.4 Å². The number of carbonyl (C=O) groups is 3. The van der Waals surface area contributed by atoms with Crippen molar-refractivity contribution < 1.29 is 14.4 Å². The second-order valence-corrected chi connectivity index (χ2v) is 8.76. The molecule has 3 atom stereocenters. The first kappa shape index (κ1) is 23.5. The van der Waals surface area contributed by atoms with Gasteiger partial charge in [0.05, 0.1) is 24.2 Å². The van der Waals surface area contributed by atoms with Crippen LogP contribution < -0.4 is 16.4 Å². The van der Waals surface area contributed by atoms with E-state index in [1.165, 1.54) is 4.90 Å². The zero-order valence-electron chi connectivity index (χ0n) is 19.2. The molecule has 0 bridgehead atoms. The van der Waals surface area contributed by atoms with Gasteiger partial charge in [0, 0.05) is 61.6 Å². The van der Waals surface area contributed by atoms with Crippen molar-refractivity contribution in [2.24, 2.45) is 17.6 Å². The number of carbonyl (C=O) groups excluding carboxylic acids is 3. The van der Waals surface area contributed by atoms with Gasteiger partial charge < -0.3 is 31.2 Å². The number of imidazole rings is 1. The maximum atomic E-state index is 13.1. The summed E-state index contributed by atoms with van der Waals surface area (Å²) in [6.45, 7) is 2.81. The molecule has 3 amide bonds. The molecule has 0 unspecified atom stereocenters. The Morgan fingerprint density at radius 3 is 2.41 bits per heavy atom. The number of H-pyrrole nitrogens is 2. The molecule has 10 heteroatoms. The number of aromatic nitrogens is 3. The summed E-state index contributed by atoms with van der Waals surface area (Å²) in [6.07, 6.45) is 6.50. The average molecular weight is 466 g/mol. The van der Waals surface area contributed by atoms with E-state index in [1.807, 2.05) is 30.5 Å². The summed E-state index contributed by atoms with van der Waals surface area (Å²) < 4.78 is 0. The maximum absolute atomic E-state index is 13.1. The Bertz CT molecular complexity index is 1140. The van der Waals surface area contributed by atoms with Gasteiger partial charge in [-0.1, -0.05) is 18.2 Å². The molecule has 4 rings (SSSR count). The van der Waals surface area contributed by atoms with Crippen LogP contribution in [0.4, 0.5) is 0 Å². The SMILES string of the molecule is C[C@H](N)C(=O)N1C[C@@H](C(=O)NCCc2cnc[nH]2)[C@H](C(=O)NCCc2c[nH]c3ccccc23)C1. The summed E-state index contributed by atoms with van der Waals surface area (Å²) in [7, 11) is 0. The fraction of sp³-hybridized carbons (Fsp3) is 0.417. The molecule has 2 aromatic heterocycles. The molecule has 3 aromatic rings. The molecule has 1 aliphatic heterocycles. The Morgan fingerprint density at radius 2 is 1.76 bits per heavy atom. The first-order chi connectivity index (χ1) is 16.4. The predicted octanol–water partition coefficient (Wildman–Crippen LogP) is 0.330. The number of likely N-dealkylation sites (tertiary alicyclic amines) is 1. The summed E-state index contributed by atoms with van der Waals surface area (Å²) in [5, 5.41) is 6.99. The molecule has 10 nitrogen and oxygen atoms in total. The van der Waals surface area contributed by atoms with Gasteiger partial charge in [0.15, 0.2) is 0 Å². The fourth-order valence-electron chi connectivity index (χ4n) is 4.47. The van der Waals surface area contributed by atoms with Crippen LogP contribution in [0.3, 0.4) is 0 Å². The second kappa shape index (κ2) is 10.5. The third-order valence-electron chi connectivity index (χ3n) is 6.31. The molecular formula is C24H31N7O3. The number of benzene rings is 1. The number of amides is 3. The average Bonchev–Trinajstić information content (AvgIpc) is 3.58. The predicted molar refractivity (Wildman–Crippen MR) is 128 cm³/mol. The standard InChI is InChI=1S/C24H31N7O3/c1-15(25)24(34)31-12-19(20(13-31)23(33)28-9-7-17-11-26-14-30-17)22(32)27-8-6-16-10-29-21-5-3-2-4-18(16)21/h2-5,10-11,14-15,19-20,29H,6-9,12-13,25H2,1H3,(H,26,30)(H,27,32)(H,28,33)/t15-,19+,20+/m0/s1. The zero-order valence-corrected chi connectivity index (χ0v) is 19.2. The fourth-order valence-corrected chi connectivity index (χ4v) is 4.47. The first-order valence-electron chi connectivity index (χ1n) is 11.6. The van der Waals surface area contributed by atoms with Crippen molar-refractivity contribution in [1.29, 1.82) is 0 Å². The van der Waals surface area contributed by atoms with Crippen molar-refractivity contribution in [3.05, 3.63) is 54.2 Å². The molecular weight excluding hydrogens is 434 g/mol. The molecule has 0 aliphatic carbocycles. The largest absolute Gasteiger partial charge is 0.361 e. The lowest BCUT2D eigenvalue weighted by Gasteiger charge is -2.18. The van der Waals surface area contributed by atoms with Gasteiger partial charge in [-0.2, -0.15) is 0 Å². The van der Waals surface area contributed by atoms with E-state index in [0.29, 0.717) is 25.9 Å². The first-order valence-corrected chi connectivity index (χ1v) is 11.6. The Morgan fingerprint density at radius 1 is 1.09 bits per heavy atom. The van der Waals surface area contributed by atoms with E-state index < -0.39 is 17.9 Å². The van der Waals surface area contributed by atoms with Crippen LogP contribution in [0.2, 0.25) is 0 Å². The summed E-state index contributed by atoms with van der Waals surface area (Å²) >= 11 is 0. The van der Waals surface area contributed by atoms with Gasteiger partial charge in [-0.05, 0) is 25.0 Å². The number of hydrogen-bond acceptors (Lipinski definition) is 5. The Labute approximate surface area is 197 Å². The minimum atomic E-state index is -0.687. The normalized spacial score (nSPS) is 18.7. The summed E-state index contributed by atoms with van der Waals surface area (Å²) in [5.41, 5.74) is 8.85. The van der Waals surface area contributed by atoms with Crippen molar-refractivity contribution in [3.63, 3.8) is 0 Å². The van der Waals surface area contributed by atoms with Crippen LogP contribution in [0.25, 0.3) is 10.9 Å². The van der Waals surface area contributed by atoms with E-state index >= 15 is 0 Å². The van der Waals surface area contributed by atoms with Gasteiger partial charge >= 0.3 is 0 Å². The highest BCUT2D eigenvalue weighted by Gasteiger charge is 2.43. The van der Waals surface area contributed by atoms with Crippen LogP contribution in [0.15, 0.2) is 43.0 Å². The topological polar surface area (TPSA) is 149 Å². The van der Waals surface area contributed by atoms with Crippen molar-refractivity contribution in [1.82, 2.24) is 30.5 Å². The maximum Gasteiger partial charge on any atom is 0.239 e. The van der Waals surface area contributed by atoms with Crippen LogP contribution in [0.5, 0.6) is 0 Å². The molecule has 0 spiro atoms. The third-order valence-corrected chi connectivity index (χ3v) is 6.31. The summed E-state index contributed by atoms with van der Waals surface area (Å²) in [4.78, 5) is 50.2. The Kier molecular flexibility index (Phi) is 7.27.